The van der Waals surface area contributed by atoms with Gasteiger partial charge in [0.25, 0.3) is 0 Å². The quantitative estimate of drug-likeness (QED) is 0.170. The Bertz CT molecular complexity index is 1370. The van der Waals surface area contributed by atoms with Crippen LogP contribution in [0.4, 0.5) is 0 Å². The van der Waals surface area contributed by atoms with Gasteiger partial charge in [-0.2, -0.15) is 0 Å². The van der Waals surface area contributed by atoms with Crippen LogP contribution < -0.4 is 4.74 Å². The molecule has 3 atom stereocenters. The number of carbonyl (C=O) groups is 1. The average Bonchev–Trinajstić information content (AvgIpc) is 3.08. The lowest BCUT2D eigenvalue weighted by molar-refractivity contribution is 0.00265. The molecule has 0 radical (unpaired) electrons. The Morgan fingerprint density at radius 2 is 1.70 bits per heavy atom. The first-order valence-corrected chi connectivity index (χ1v) is 12.6. The molecule has 2 unspecified atom stereocenters. The first-order chi connectivity index (χ1) is 15.4. The van der Waals surface area contributed by atoms with Crippen LogP contribution in [0.1, 0.15) is 35.3 Å². The average molecular weight is 658 g/mol. The van der Waals surface area contributed by atoms with Gasteiger partial charge in [0.05, 0.1) is 36.0 Å². The number of fused-ring (bicyclic) bond motifs is 6. The summed E-state index contributed by atoms with van der Waals surface area (Å²) in [4.78, 5) is 13.3. The van der Waals surface area contributed by atoms with Gasteiger partial charge in [-0.05, 0) is 56.5 Å². The molecule has 1 aliphatic carbocycles. The summed E-state index contributed by atoms with van der Waals surface area (Å²) in [5.74, 6) is -1.02. The molecule has 0 saturated carbocycles. The zero-order chi connectivity index (χ0) is 24.1. The summed E-state index contributed by atoms with van der Waals surface area (Å²) >= 11 is 32.5. The van der Waals surface area contributed by atoms with E-state index in [4.69, 9.17) is 55.9 Å². The van der Waals surface area contributed by atoms with E-state index < -0.39 is 23.6 Å². The van der Waals surface area contributed by atoms with Gasteiger partial charge in [0.2, 0.25) is 0 Å². The van der Waals surface area contributed by atoms with Gasteiger partial charge in [-0.25, -0.2) is 4.79 Å². The summed E-state index contributed by atoms with van der Waals surface area (Å²) in [7, 11) is 0. The normalized spacial score (nSPS) is 25.3. The third-order valence-electron chi connectivity index (χ3n) is 6.22. The number of phenolic OH excluding ortho intramolecular Hbond substituents is 1. The first kappa shape index (κ1) is 23.6. The van der Waals surface area contributed by atoms with Gasteiger partial charge in [0.15, 0.2) is 5.60 Å². The highest BCUT2D eigenvalue weighted by Crippen LogP contribution is 2.63. The van der Waals surface area contributed by atoms with Crippen LogP contribution in [0.5, 0.6) is 11.5 Å². The SMILES string of the molecule is CC1=C(O)C(C)[C@H]2Oc3c(cc(Br)c(O)c3Br)C3(OC(=O)c4c(Cl)c(Cl)c(Cl)c(Cl)c43)C2=C1. The largest absolute Gasteiger partial charge is 0.512 e. The Kier molecular flexibility index (Phi) is 5.52. The van der Waals surface area contributed by atoms with Gasteiger partial charge in [-0.15, -0.1) is 0 Å². The number of allylic oxidation sites excluding steroid dienone is 2. The summed E-state index contributed by atoms with van der Waals surface area (Å²) < 4.78 is 12.9. The number of esters is 1. The fourth-order valence-electron chi connectivity index (χ4n) is 4.67. The van der Waals surface area contributed by atoms with Crippen LogP contribution in [-0.2, 0) is 10.3 Å². The van der Waals surface area contributed by atoms with Crippen LogP contribution in [0, 0.1) is 5.92 Å². The second-order valence-corrected chi connectivity index (χ2v) is 11.1. The highest BCUT2D eigenvalue weighted by atomic mass is 79.9. The molecule has 3 aliphatic rings. The van der Waals surface area contributed by atoms with E-state index in [0.29, 0.717) is 21.2 Å². The molecule has 0 bridgehead atoms. The molecule has 2 heterocycles. The topological polar surface area (TPSA) is 76.0 Å². The van der Waals surface area contributed by atoms with Crippen LogP contribution in [0.2, 0.25) is 20.1 Å². The Labute approximate surface area is 225 Å². The van der Waals surface area contributed by atoms with Crippen molar-refractivity contribution in [2.24, 2.45) is 5.92 Å². The monoisotopic (exact) mass is 654 g/mol. The number of aliphatic hydroxyl groups excluding tert-OH is 1. The molecule has 172 valence electrons. The number of hydrogen-bond donors (Lipinski definition) is 2. The van der Waals surface area contributed by atoms with Crippen LogP contribution in [0.25, 0.3) is 0 Å². The van der Waals surface area contributed by atoms with Gasteiger partial charge in [0, 0.05) is 16.7 Å². The van der Waals surface area contributed by atoms with E-state index in [9.17, 15) is 15.0 Å². The maximum absolute atomic E-state index is 13.3. The van der Waals surface area contributed by atoms with Crippen molar-refractivity contribution in [3.05, 3.63) is 74.8 Å². The molecule has 2 aliphatic heterocycles. The fraction of sp³-hybridized carbons (Fsp3) is 0.227. The first-order valence-electron chi connectivity index (χ1n) is 9.53. The molecule has 5 nitrogen and oxygen atoms in total. The van der Waals surface area contributed by atoms with Crippen molar-refractivity contribution < 1.29 is 24.5 Å². The summed E-state index contributed by atoms with van der Waals surface area (Å²) in [5, 5.41) is 21.0. The Balaban J connectivity index is 2.00. The third kappa shape index (κ3) is 2.93. The van der Waals surface area contributed by atoms with Gasteiger partial charge in [0.1, 0.15) is 27.8 Å². The standard InChI is InChI=1S/C22H12Br2Cl4O5/c1-5-3-7-19(6(2)17(5)29)32-20-8(4-9(23)18(30)12(20)24)22(7)11-10(21(31)33-22)13(25)15(27)16(28)14(11)26/h3-4,6,19,29-30H,1-2H3/t6?,19-,22?/m1/s1. The number of carbonyl (C=O) groups excluding carboxylic acids is 1. The molecule has 2 N–H and O–H groups in total. The van der Waals surface area contributed by atoms with Crippen LogP contribution >= 0.6 is 78.3 Å². The second kappa shape index (κ2) is 7.70. The summed E-state index contributed by atoms with van der Waals surface area (Å²) in [5.41, 5.74) is 0.0865. The van der Waals surface area contributed by atoms with Crippen molar-refractivity contribution in [3.63, 3.8) is 0 Å². The lowest BCUT2D eigenvalue weighted by Gasteiger charge is -2.45. The molecule has 0 amide bonds. The predicted molar refractivity (Wildman–Crippen MR) is 133 cm³/mol. The Morgan fingerprint density at radius 3 is 2.36 bits per heavy atom. The van der Waals surface area contributed by atoms with Crippen molar-refractivity contribution in [2.75, 3.05) is 0 Å². The van der Waals surface area contributed by atoms with Crippen molar-refractivity contribution in [3.8, 4) is 11.5 Å². The van der Waals surface area contributed by atoms with Crippen LogP contribution in [0.15, 0.2) is 38.0 Å². The Morgan fingerprint density at radius 1 is 1.06 bits per heavy atom. The van der Waals surface area contributed by atoms with Crippen molar-refractivity contribution in [1.29, 1.82) is 0 Å². The number of hydrogen-bond acceptors (Lipinski definition) is 5. The highest BCUT2D eigenvalue weighted by molar-refractivity contribution is 9.11. The number of rotatable bonds is 0. The molecule has 2 aromatic rings. The lowest BCUT2D eigenvalue weighted by Crippen LogP contribution is -2.47. The third-order valence-corrected chi connectivity index (χ3v) is 9.36. The fourth-order valence-corrected chi connectivity index (χ4v) is 6.94. The number of phenols is 1. The molecule has 5 rings (SSSR count). The Hall–Kier alpha value is -1.09. The number of aliphatic hydroxyl groups is 1. The van der Waals surface area contributed by atoms with Crippen LogP contribution in [0.3, 0.4) is 0 Å². The minimum Gasteiger partial charge on any atom is -0.512 e. The summed E-state index contributed by atoms with van der Waals surface area (Å²) in [6, 6.07) is 1.58. The molecule has 2 aromatic carbocycles. The van der Waals surface area contributed by atoms with Gasteiger partial charge in [-0.3, -0.25) is 0 Å². The molecule has 0 aromatic heterocycles. The number of halogens is 6. The van der Waals surface area contributed by atoms with Gasteiger partial charge in [-0.1, -0.05) is 53.3 Å². The molecule has 0 fully saturated rings. The van der Waals surface area contributed by atoms with E-state index in [1.165, 1.54) is 0 Å². The highest BCUT2D eigenvalue weighted by Gasteiger charge is 2.60. The smallest absolute Gasteiger partial charge is 0.341 e. The molecule has 33 heavy (non-hydrogen) atoms. The summed E-state index contributed by atoms with van der Waals surface area (Å²) in [6.07, 6.45) is 0.938. The molecule has 0 saturated heterocycles. The number of ether oxygens (including phenoxy) is 2. The molecule has 11 heteroatoms. The lowest BCUT2D eigenvalue weighted by atomic mass is 9.70. The second-order valence-electron chi connectivity index (χ2n) is 7.97. The molecular weight excluding hydrogens is 646 g/mol. The maximum atomic E-state index is 13.3. The van der Waals surface area contributed by atoms with E-state index >= 15 is 0 Å². The van der Waals surface area contributed by atoms with Crippen LogP contribution in [-0.4, -0.2) is 22.3 Å². The van der Waals surface area contributed by atoms with Crippen molar-refractivity contribution in [1.82, 2.24) is 0 Å². The van der Waals surface area contributed by atoms with Crippen molar-refractivity contribution >= 4 is 84.2 Å². The maximum Gasteiger partial charge on any atom is 0.341 e. The van der Waals surface area contributed by atoms with E-state index in [2.05, 4.69) is 31.9 Å². The molecular formula is C22H12Br2Cl4O5. The van der Waals surface area contributed by atoms with Gasteiger partial charge >= 0.3 is 5.97 Å². The van der Waals surface area contributed by atoms with E-state index in [1.807, 2.05) is 0 Å². The minimum absolute atomic E-state index is 0.00353. The predicted octanol–water partition coefficient (Wildman–Crippen LogP) is 8.11. The van der Waals surface area contributed by atoms with E-state index in [1.54, 1.807) is 26.0 Å². The number of aromatic hydroxyl groups is 1. The van der Waals surface area contributed by atoms with Gasteiger partial charge < -0.3 is 19.7 Å². The zero-order valence-electron chi connectivity index (χ0n) is 16.7. The minimum atomic E-state index is -1.60. The van der Waals surface area contributed by atoms with E-state index in [-0.39, 0.29) is 52.9 Å². The summed E-state index contributed by atoms with van der Waals surface area (Å²) in [6.45, 7) is 3.52. The zero-order valence-corrected chi connectivity index (χ0v) is 22.9. The van der Waals surface area contributed by atoms with Crippen molar-refractivity contribution in [2.45, 2.75) is 25.6 Å². The van der Waals surface area contributed by atoms with E-state index in [0.717, 1.165) is 0 Å². The number of benzene rings is 2. The molecule has 1 spiro atoms.